The van der Waals surface area contributed by atoms with E-state index in [9.17, 15) is 13.2 Å². The number of nitrogens with zero attached hydrogens (tertiary/aromatic N) is 1. The van der Waals surface area contributed by atoms with E-state index in [4.69, 9.17) is 9.47 Å². The van der Waals surface area contributed by atoms with Crippen molar-refractivity contribution in [2.45, 2.75) is 23.9 Å². The third-order valence-corrected chi connectivity index (χ3v) is 7.96. The predicted octanol–water partition coefficient (Wildman–Crippen LogP) is 4.22. The minimum absolute atomic E-state index is 0.0287. The summed E-state index contributed by atoms with van der Waals surface area (Å²) in [5.74, 6) is 0.327. The zero-order valence-electron chi connectivity index (χ0n) is 18.1. The van der Waals surface area contributed by atoms with Gasteiger partial charge in [0.1, 0.15) is 6.04 Å². The highest BCUT2D eigenvalue weighted by Gasteiger charge is 2.40. The van der Waals surface area contributed by atoms with E-state index in [-0.39, 0.29) is 17.9 Å². The highest BCUT2D eigenvalue weighted by atomic mass is 79.9. The Balaban J connectivity index is 1.72. The number of halogens is 1. The number of benzene rings is 3. The molecule has 0 unspecified atom stereocenters. The summed E-state index contributed by atoms with van der Waals surface area (Å²) >= 11 is 3.37. The lowest BCUT2D eigenvalue weighted by molar-refractivity contribution is -0.120. The van der Waals surface area contributed by atoms with Gasteiger partial charge in [0.05, 0.1) is 19.1 Å². The van der Waals surface area contributed by atoms with E-state index in [1.54, 1.807) is 18.2 Å². The van der Waals surface area contributed by atoms with E-state index in [0.717, 1.165) is 15.6 Å². The molecule has 0 saturated carbocycles. The standard InChI is InChI=1S/C24H23BrN2O5S/c1-31-22-12-11-20(14-23(22)32-2)33(29,30)27-15-17-6-4-3-5-16(17)13-21(27)24(28)26-19-9-7-18(25)8-10-19/h3-12,14,21H,13,15H2,1-2H3,(H,26,28)/t21-/m0/s1. The van der Waals surface area contributed by atoms with Crippen molar-refractivity contribution in [1.82, 2.24) is 4.31 Å². The summed E-state index contributed by atoms with van der Waals surface area (Å²) in [6, 6.07) is 18.2. The fourth-order valence-corrected chi connectivity index (χ4v) is 5.69. The molecule has 0 radical (unpaired) electrons. The molecule has 1 aliphatic rings. The van der Waals surface area contributed by atoms with E-state index >= 15 is 0 Å². The molecule has 0 aliphatic carbocycles. The monoisotopic (exact) mass is 530 g/mol. The summed E-state index contributed by atoms with van der Waals surface area (Å²) < 4.78 is 40.1. The number of amides is 1. The fraction of sp³-hybridized carbons (Fsp3) is 0.208. The van der Waals surface area contributed by atoms with Crippen LogP contribution in [0, 0.1) is 0 Å². The van der Waals surface area contributed by atoms with Gasteiger partial charge in [-0.05, 0) is 53.9 Å². The number of carbonyl (C=O) groups excluding carboxylic acids is 1. The summed E-state index contributed by atoms with van der Waals surface area (Å²) in [5, 5.41) is 2.85. The number of carbonyl (C=O) groups is 1. The zero-order valence-corrected chi connectivity index (χ0v) is 20.5. The van der Waals surface area contributed by atoms with Gasteiger partial charge in [0.25, 0.3) is 0 Å². The van der Waals surface area contributed by atoms with Crippen LogP contribution in [0.5, 0.6) is 11.5 Å². The average Bonchev–Trinajstić information content (AvgIpc) is 2.84. The van der Waals surface area contributed by atoms with Crippen molar-refractivity contribution in [1.29, 1.82) is 0 Å². The van der Waals surface area contributed by atoms with Gasteiger partial charge in [-0.2, -0.15) is 4.31 Å². The molecule has 7 nitrogen and oxygen atoms in total. The number of ether oxygens (including phenoxy) is 2. The van der Waals surface area contributed by atoms with Crippen LogP contribution in [0.3, 0.4) is 0 Å². The molecule has 172 valence electrons. The smallest absolute Gasteiger partial charge is 0.244 e. The van der Waals surface area contributed by atoms with Gasteiger partial charge in [-0.15, -0.1) is 0 Å². The number of anilines is 1. The van der Waals surface area contributed by atoms with Crippen molar-refractivity contribution in [3.63, 3.8) is 0 Å². The van der Waals surface area contributed by atoms with Gasteiger partial charge in [-0.1, -0.05) is 40.2 Å². The van der Waals surface area contributed by atoms with Crippen LogP contribution in [0.15, 0.2) is 76.1 Å². The van der Waals surface area contributed by atoms with Gasteiger partial charge in [0.2, 0.25) is 15.9 Å². The lowest BCUT2D eigenvalue weighted by Gasteiger charge is -2.35. The molecule has 1 heterocycles. The molecule has 3 aromatic rings. The van der Waals surface area contributed by atoms with E-state index < -0.39 is 22.0 Å². The van der Waals surface area contributed by atoms with Crippen LogP contribution in [-0.2, 0) is 27.8 Å². The van der Waals surface area contributed by atoms with Crippen molar-refractivity contribution in [3.05, 3.63) is 82.3 Å². The minimum atomic E-state index is -4.03. The Morgan fingerprint density at radius 2 is 1.64 bits per heavy atom. The van der Waals surface area contributed by atoms with Gasteiger partial charge < -0.3 is 14.8 Å². The molecule has 0 spiro atoms. The molecule has 0 aromatic heterocycles. The summed E-state index contributed by atoms with van der Waals surface area (Å²) in [5.41, 5.74) is 2.41. The van der Waals surface area contributed by atoms with Gasteiger partial charge >= 0.3 is 0 Å². The van der Waals surface area contributed by atoms with E-state index in [1.165, 1.54) is 30.7 Å². The second-order valence-corrected chi connectivity index (χ2v) is 10.4. The fourth-order valence-electron chi connectivity index (χ4n) is 3.85. The normalized spacial score (nSPS) is 16.0. The van der Waals surface area contributed by atoms with Crippen LogP contribution < -0.4 is 14.8 Å². The quantitative estimate of drug-likeness (QED) is 0.515. The highest BCUT2D eigenvalue weighted by molar-refractivity contribution is 9.10. The van der Waals surface area contributed by atoms with Crippen molar-refractivity contribution in [3.8, 4) is 11.5 Å². The summed E-state index contributed by atoms with van der Waals surface area (Å²) in [6.07, 6.45) is 0.269. The molecule has 0 fully saturated rings. The molecular formula is C24H23BrN2O5S. The van der Waals surface area contributed by atoms with E-state index in [2.05, 4.69) is 21.2 Å². The molecule has 1 atom stereocenters. The summed E-state index contributed by atoms with van der Waals surface area (Å²) in [6.45, 7) is 0.0886. The first kappa shape index (κ1) is 23.3. The number of sulfonamides is 1. The van der Waals surface area contributed by atoms with Crippen molar-refractivity contribution in [2.24, 2.45) is 0 Å². The Morgan fingerprint density at radius 1 is 0.970 bits per heavy atom. The van der Waals surface area contributed by atoms with Crippen molar-refractivity contribution in [2.75, 3.05) is 19.5 Å². The Bertz CT molecular complexity index is 1280. The first-order valence-electron chi connectivity index (χ1n) is 10.2. The highest BCUT2D eigenvalue weighted by Crippen LogP contribution is 2.34. The summed E-state index contributed by atoms with van der Waals surface area (Å²) in [7, 11) is -1.10. The summed E-state index contributed by atoms with van der Waals surface area (Å²) in [4.78, 5) is 13.3. The molecular weight excluding hydrogens is 508 g/mol. The largest absolute Gasteiger partial charge is 0.493 e. The molecule has 9 heteroatoms. The molecule has 3 aromatic carbocycles. The van der Waals surface area contributed by atoms with Gasteiger partial charge in [0.15, 0.2) is 11.5 Å². The van der Waals surface area contributed by atoms with Crippen molar-refractivity contribution >= 4 is 37.5 Å². The van der Waals surface area contributed by atoms with Gasteiger partial charge in [-0.25, -0.2) is 8.42 Å². The van der Waals surface area contributed by atoms with Crippen LogP contribution in [-0.4, -0.2) is 38.9 Å². The SMILES string of the molecule is COc1ccc(S(=O)(=O)N2Cc3ccccc3C[C@H]2C(=O)Nc2ccc(Br)cc2)cc1OC. The van der Waals surface area contributed by atoms with E-state index in [0.29, 0.717) is 17.2 Å². The number of rotatable bonds is 6. The van der Waals surface area contributed by atoms with Crippen molar-refractivity contribution < 1.29 is 22.7 Å². The molecule has 1 aliphatic heterocycles. The number of hydrogen-bond acceptors (Lipinski definition) is 5. The van der Waals surface area contributed by atoms with Crippen LogP contribution in [0.2, 0.25) is 0 Å². The maximum atomic E-state index is 13.7. The second kappa shape index (κ2) is 9.54. The molecule has 0 bridgehead atoms. The Hall–Kier alpha value is -2.88. The second-order valence-electron chi connectivity index (χ2n) is 7.55. The zero-order chi connectivity index (χ0) is 23.6. The average molecular weight is 531 g/mol. The van der Waals surface area contributed by atoms with Crippen LogP contribution in [0.4, 0.5) is 5.69 Å². The maximum Gasteiger partial charge on any atom is 0.244 e. The van der Waals surface area contributed by atoms with Gasteiger partial charge in [0, 0.05) is 22.8 Å². The maximum absolute atomic E-state index is 13.7. The Morgan fingerprint density at radius 3 is 2.30 bits per heavy atom. The number of hydrogen-bond donors (Lipinski definition) is 1. The lowest BCUT2D eigenvalue weighted by atomic mass is 9.95. The molecule has 0 saturated heterocycles. The first-order chi connectivity index (χ1) is 15.8. The van der Waals surface area contributed by atoms with E-state index in [1.807, 2.05) is 36.4 Å². The molecule has 1 amide bonds. The van der Waals surface area contributed by atoms with Crippen LogP contribution in [0.1, 0.15) is 11.1 Å². The third-order valence-electron chi connectivity index (χ3n) is 5.58. The minimum Gasteiger partial charge on any atom is -0.493 e. The topological polar surface area (TPSA) is 84.9 Å². The number of fused-ring (bicyclic) bond motifs is 1. The Labute approximate surface area is 201 Å². The first-order valence-corrected chi connectivity index (χ1v) is 12.4. The lowest BCUT2D eigenvalue weighted by Crippen LogP contribution is -2.50. The molecule has 33 heavy (non-hydrogen) atoms. The molecule has 4 rings (SSSR count). The predicted molar refractivity (Wildman–Crippen MR) is 129 cm³/mol. The van der Waals surface area contributed by atoms with Crippen LogP contribution >= 0.6 is 15.9 Å². The number of nitrogens with one attached hydrogen (secondary N) is 1. The third kappa shape index (κ3) is 4.75. The number of methoxy groups -OCH3 is 2. The Kier molecular flexibility index (Phi) is 6.73. The van der Waals surface area contributed by atoms with Gasteiger partial charge in [-0.3, -0.25) is 4.79 Å². The van der Waals surface area contributed by atoms with Crippen LogP contribution in [0.25, 0.3) is 0 Å². The molecule has 1 N–H and O–H groups in total.